The molecule has 1 aromatic rings. The molecule has 1 amide bonds. The summed E-state index contributed by atoms with van der Waals surface area (Å²) in [7, 11) is 1.77. The summed E-state index contributed by atoms with van der Waals surface area (Å²) in [5, 5.41) is 6.72. The molecule has 0 bridgehead atoms. The van der Waals surface area contributed by atoms with Crippen molar-refractivity contribution in [3.8, 4) is 5.75 Å². The molecular weight excluding hydrogens is 372 g/mol. The largest absolute Gasteiger partial charge is 0.497 e. The molecule has 2 N–H and O–H groups in total. The molecule has 0 heterocycles. The van der Waals surface area contributed by atoms with Gasteiger partial charge in [0.05, 0.1) is 7.11 Å². The van der Waals surface area contributed by atoms with Gasteiger partial charge >= 0.3 is 0 Å². The number of aryl methyl sites for hydroxylation is 1. The third-order valence-electron chi connectivity index (χ3n) is 8.66. The molecular formula is C26H40N2O2. The maximum absolute atomic E-state index is 10.3. The van der Waals surface area contributed by atoms with Gasteiger partial charge in [-0.2, -0.15) is 0 Å². The van der Waals surface area contributed by atoms with Gasteiger partial charge in [0.2, 0.25) is 6.41 Å². The van der Waals surface area contributed by atoms with Crippen LogP contribution in [-0.4, -0.2) is 32.7 Å². The minimum absolute atomic E-state index is 0.471. The van der Waals surface area contributed by atoms with Crippen LogP contribution in [0.2, 0.25) is 0 Å². The number of hydrogen-bond acceptors (Lipinski definition) is 3. The molecule has 0 spiro atoms. The van der Waals surface area contributed by atoms with Crippen molar-refractivity contribution in [1.82, 2.24) is 10.6 Å². The smallest absolute Gasteiger partial charge is 0.207 e. The van der Waals surface area contributed by atoms with Crippen molar-refractivity contribution < 1.29 is 9.53 Å². The number of methoxy groups -OCH3 is 1. The van der Waals surface area contributed by atoms with E-state index in [2.05, 4.69) is 35.8 Å². The van der Waals surface area contributed by atoms with Gasteiger partial charge in [0.15, 0.2) is 0 Å². The molecule has 30 heavy (non-hydrogen) atoms. The number of rotatable bonds is 10. The van der Waals surface area contributed by atoms with Crippen LogP contribution >= 0.6 is 0 Å². The van der Waals surface area contributed by atoms with E-state index < -0.39 is 0 Å². The summed E-state index contributed by atoms with van der Waals surface area (Å²) in [5.74, 6) is 3.51. The number of carbonyl (C=O) groups excluding carboxylic acids is 1. The fourth-order valence-electron chi connectivity index (χ4n) is 7.06. The monoisotopic (exact) mass is 412 g/mol. The quantitative estimate of drug-likeness (QED) is 0.428. The molecule has 3 aliphatic carbocycles. The van der Waals surface area contributed by atoms with Crippen LogP contribution in [0.5, 0.6) is 5.75 Å². The topological polar surface area (TPSA) is 50.4 Å². The maximum Gasteiger partial charge on any atom is 0.207 e. The van der Waals surface area contributed by atoms with E-state index in [-0.39, 0.29) is 0 Å². The number of hydrogen-bond donors (Lipinski definition) is 2. The molecule has 4 nitrogen and oxygen atoms in total. The highest BCUT2D eigenvalue weighted by molar-refractivity contribution is 5.45. The molecule has 0 aliphatic heterocycles. The second-order valence-corrected chi connectivity index (χ2v) is 10.1. The van der Waals surface area contributed by atoms with E-state index in [4.69, 9.17) is 4.74 Å². The lowest BCUT2D eigenvalue weighted by Gasteiger charge is -2.51. The van der Waals surface area contributed by atoms with Gasteiger partial charge in [0.25, 0.3) is 0 Å². The maximum atomic E-state index is 10.3. The predicted molar refractivity (Wildman–Crippen MR) is 122 cm³/mol. The minimum atomic E-state index is 0.471. The Morgan fingerprint density at radius 3 is 2.73 bits per heavy atom. The average Bonchev–Trinajstić information content (AvgIpc) is 3.11. The molecule has 3 aliphatic rings. The fourth-order valence-corrected chi connectivity index (χ4v) is 7.06. The second kappa shape index (κ2) is 9.72. The standard InChI is InChI=1S/C26H40N2O2/c1-26-14-13-22-21-10-8-20(30-2)17-19(21)7-9-23(22)24(26)11-12-25(26)28-16-6-4-3-5-15-27-18-29/h8,10,17-18,22-25,28H,3-7,9,11-16H2,1-2H3,(H,27,29)/t22-,23-,24+,25+,26+/m1/s1. The van der Waals surface area contributed by atoms with Crippen LogP contribution in [0.1, 0.15) is 81.8 Å². The molecule has 1 aromatic carbocycles. The molecule has 4 rings (SSSR count). The molecule has 2 saturated carbocycles. The Labute approximate surface area is 182 Å². The van der Waals surface area contributed by atoms with Gasteiger partial charge in [-0.25, -0.2) is 0 Å². The fraction of sp³-hybridized carbons (Fsp3) is 0.731. The van der Waals surface area contributed by atoms with Crippen molar-refractivity contribution in [3.05, 3.63) is 29.3 Å². The van der Waals surface area contributed by atoms with Gasteiger partial charge in [-0.15, -0.1) is 0 Å². The molecule has 2 fully saturated rings. The van der Waals surface area contributed by atoms with Crippen molar-refractivity contribution in [2.24, 2.45) is 17.3 Å². The van der Waals surface area contributed by atoms with Gasteiger partial charge in [-0.05, 0) is 104 Å². The molecule has 166 valence electrons. The number of ether oxygens (including phenoxy) is 1. The lowest BCUT2D eigenvalue weighted by Crippen LogP contribution is -2.48. The lowest BCUT2D eigenvalue weighted by molar-refractivity contribution is -0.109. The van der Waals surface area contributed by atoms with Crippen molar-refractivity contribution in [2.75, 3.05) is 20.2 Å². The zero-order valence-corrected chi connectivity index (χ0v) is 18.9. The van der Waals surface area contributed by atoms with Crippen LogP contribution in [0.4, 0.5) is 0 Å². The summed E-state index contributed by atoms with van der Waals surface area (Å²) in [5.41, 5.74) is 3.63. The summed E-state index contributed by atoms with van der Waals surface area (Å²) in [6, 6.07) is 7.51. The van der Waals surface area contributed by atoms with Crippen LogP contribution < -0.4 is 15.4 Å². The van der Waals surface area contributed by atoms with Crippen LogP contribution in [0.15, 0.2) is 18.2 Å². The highest BCUT2D eigenvalue weighted by Crippen LogP contribution is 2.60. The Morgan fingerprint density at radius 1 is 1.10 bits per heavy atom. The van der Waals surface area contributed by atoms with E-state index in [1.165, 1.54) is 63.4 Å². The first-order valence-corrected chi connectivity index (χ1v) is 12.2. The second-order valence-electron chi connectivity index (χ2n) is 10.1. The third kappa shape index (κ3) is 4.26. The molecule has 0 saturated heterocycles. The summed E-state index contributed by atoms with van der Waals surface area (Å²) >= 11 is 0. The van der Waals surface area contributed by atoms with Crippen LogP contribution in [0.3, 0.4) is 0 Å². The summed E-state index contributed by atoms with van der Waals surface area (Å²) in [6.07, 6.45) is 13.6. The molecule has 0 unspecified atom stereocenters. The van der Waals surface area contributed by atoms with E-state index in [1.54, 1.807) is 12.7 Å². The Hall–Kier alpha value is -1.55. The van der Waals surface area contributed by atoms with Gasteiger partial charge in [0.1, 0.15) is 5.75 Å². The normalized spacial score (nSPS) is 32.1. The number of amides is 1. The predicted octanol–water partition coefficient (Wildman–Crippen LogP) is 4.82. The van der Waals surface area contributed by atoms with Gasteiger partial charge < -0.3 is 15.4 Å². The van der Waals surface area contributed by atoms with E-state index in [0.29, 0.717) is 11.5 Å². The highest BCUT2D eigenvalue weighted by Gasteiger charge is 2.54. The number of benzene rings is 1. The zero-order chi connectivity index (χ0) is 21.0. The number of carbonyl (C=O) groups is 1. The van der Waals surface area contributed by atoms with Gasteiger partial charge in [-0.3, -0.25) is 4.79 Å². The lowest BCUT2D eigenvalue weighted by atomic mass is 9.55. The SMILES string of the molecule is COc1ccc2c(c1)CC[C@@H]1[C@@H]2CC[C@]2(C)[C@@H](NCCCCCCNC=O)CC[C@@H]12. The van der Waals surface area contributed by atoms with E-state index in [0.717, 1.165) is 49.4 Å². The molecule has 0 aromatic heterocycles. The van der Waals surface area contributed by atoms with Crippen molar-refractivity contribution in [1.29, 1.82) is 0 Å². The average molecular weight is 413 g/mol. The summed E-state index contributed by atoms with van der Waals surface area (Å²) in [4.78, 5) is 10.3. The van der Waals surface area contributed by atoms with E-state index in [1.807, 2.05) is 0 Å². The molecule has 5 atom stereocenters. The third-order valence-corrected chi connectivity index (χ3v) is 8.66. The Morgan fingerprint density at radius 2 is 1.93 bits per heavy atom. The van der Waals surface area contributed by atoms with Crippen LogP contribution in [0, 0.1) is 17.3 Å². The van der Waals surface area contributed by atoms with Crippen molar-refractivity contribution >= 4 is 6.41 Å². The zero-order valence-electron chi connectivity index (χ0n) is 18.9. The van der Waals surface area contributed by atoms with Gasteiger partial charge in [-0.1, -0.05) is 25.8 Å². The van der Waals surface area contributed by atoms with Crippen LogP contribution in [0.25, 0.3) is 0 Å². The first-order chi connectivity index (χ1) is 14.7. The number of fused-ring (bicyclic) bond motifs is 5. The first-order valence-electron chi connectivity index (χ1n) is 12.2. The van der Waals surface area contributed by atoms with Crippen molar-refractivity contribution in [2.45, 2.75) is 83.1 Å². The number of nitrogens with one attached hydrogen (secondary N) is 2. The van der Waals surface area contributed by atoms with Gasteiger partial charge in [0, 0.05) is 12.6 Å². The Balaban J connectivity index is 1.31. The minimum Gasteiger partial charge on any atom is -0.497 e. The number of unbranched alkanes of at least 4 members (excludes halogenated alkanes) is 3. The summed E-state index contributed by atoms with van der Waals surface area (Å²) in [6.45, 7) is 4.55. The van der Waals surface area contributed by atoms with Crippen LogP contribution in [-0.2, 0) is 11.2 Å². The summed E-state index contributed by atoms with van der Waals surface area (Å²) < 4.78 is 5.47. The van der Waals surface area contributed by atoms with Crippen molar-refractivity contribution in [3.63, 3.8) is 0 Å². The Bertz CT molecular complexity index is 721. The van der Waals surface area contributed by atoms with E-state index in [9.17, 15) is 4.79 Å². The highest BCUT2D eigenvalue weighted by atomic mass is 16.5. The van der Waals surface area contributed by atoms with E-state index >= 15 is 0 Å². The first kappa shape index (κ1) is 21.7. The molecule has 4 heteroatoms. The molecule has 0 radical (unpaired) electrons. The Kier molecular flexibility index (Phi) is 7.02.